The van der Waals surface area contributed by atoms with Gasteiger partial charge in [-0.3, -0.25) is 10.6 Å². The summed E-state index contributed by atoms with van der Waals surface area (Å²) in [6.07, 6.45) is 9.44. The van der Waals surface area contributed by atoms with Gasteiger partial charge < -0.3 is 26.4 Å². The largest absolute Gasteiger partial charge is 0.400 e. The molecule has 4 aromatic rings. The maximum Gasteiger partial charge on any atom is 0.256 e. The second-order valence-electron chi connectivity index (χ2n) is 15.7. The molecule has 3 saturated heterocycles. The number of hydrazine groups is 1. The number of nitriles is 1. The number of fused-ring (bicyclic) bond motifs is 4. The summed E-state index contributed by atoms with van der Waals surface area (Å²) in [5.74, 6) is 3.19. The Bertz CT molecular complexity index is 2170. The third-order valence-electron chi connectivity index (χ3n) is 12.0. The van der Waals surface area contributed by atoms with Crippen molar-refractivity contribution in [3.63, 3.8) is 0 Å². The summed E-state index contributed by atoms with van der Waals surface area (Å²) < 4.78 is 42.2. The number of carbonyl (C=O) groups is 1. The van der Waals surface area contributed by atoms with Gasteiger partial charge in [0.25, 0.3) is 5.92 Å². The van der Waals surface area contributed by atoms with Gasteiger partial charge in [-0.1, -0.05) is 35.3 Å². The summed E-state index contributed by atoms with van der Waals surface area (Å²) in [6.45, 7) is 4.84. The fourth-order valence-electron chi connectivity index (χ4n) is 8.40. The number of aromatic nitrogens is 2. The summed E-state index contributed by atoms with van der Waals surface area (Å²) in [7, 11) is 0. The van der Waals surface area contributed by atoms with Crippen molar-refractivity contribution in [1.29, 1.82) is 5.26 Å². The number of nitrogens with zero attached hydrogens (tertiary/aromatic N) is 3. The van der Waals surface area contributed by atoms with E-state index in [-0.39, 0.29) is 40.5 Å². The third-order valence-corrected chi connectivity index (χ3v) is 12.8. The van der Waals surface area contributed by atoms with Crippen LogP contribution in [0.5, 0.6) is 0 Å². The molecule has 9 nitrogen and oxygen atoms in total. The minimum Gasteiger partial charge on any atom is -0.400 e. The van der Waals surface area contributed by atoms with E-state index in [4.69, 9.17) is 34.8 Å². The maximum atomic E-state index is 16.3. The maximum absolute atomic E-state index is 16.3. The fourth-order valence-corrected chi connectivity index (χ4v) is 8.80. The minimum absolute atomic E-state index is 0.0117. The number of nitrogens with two attached hydrogens (primary N) is 2. The van der Waals surface area contributed by atoms with Crippen molar-refractivity contribution in [2.75, 3.05) is 13.1 Å². The van der Waals surface area contributed by atoms with Gasteiger partial charge in [0.2, 0.25) is 5.91 Å². The number of hydrogen-bond acceptors (Lipinski definition) is 7. The summed E-state index contributed by atoms with van der Waals surface area (Å²) in [5, 5.41) is 14.8. The Balaban J connectivity index is 0.000000210. The van der Waals surface area contributed by atoms with E-state index in [1.54, 1.807) is 18.2 Å². The smallest absolute Gasteiger partial charge is 0.256 e. The molecule has 6 aliphatic rings. The highest BCUT2D eigenvalue weighted by atomic mass is 35.5. The number of amides is 1. The van der Waals surface area contributed by atoms with E-state index in [2.05, 4.69) is 32.8 Å². The van der Waals surface area contributed by atoms with Crippen LogP contribution in [0, 0.1) is 41.3 Å². The molecule has 55 heavy (non-hydrogen) atoms. The van der Waals surface area contributed by atoms with Crippen LogP contribution in [0.2, 0.25) is 10.0 Å². The van der Waals surface area contributed by atoms with Crippen LogP contribution in [-0.4, -0.2) is 45.8 Å². The molecule has 1 atom stereocenters. The monoisotopic (exact) mass is 794 g/mol. The number of nitrogens with one attached hydrogen (secondary N) is 3. The molecule has 2 bridgehead atoms. The number of alkyl halides is 2. The van der Waals surface area contributed by atoms with Crippen molar-refractivity contribution < 1.29 is 18.0 Å². The Morgan fingerprint density at radius 2 is 1.95 bits per heavy atom. The van der Waals surface area contributed by atoms with E-state index in [1.165, 1.54) is 25.6 Å². The average Bonchev–Trinajstić information content (AvgIpc) is 3.90. The number of hydrogen-bond donors (Lipinski definition) is 5. The van der Waals surface area contributed by atoms with E-state index in [9.17, 15) is 18.8 Å². The van der Waals surface area contributed by atoms with Gasteiger partial charge >= 0.3 is 0 Å². The van der Waals surface area contributed by atoms with Crippen molar-refractivity contribution in [3.8, 4) is 17.2 Å². The molecule has 10 rings (SSSR count). The number of halogens is 5. The molecule has 3 aliphatic heterocycles. The van der Waals surface area contributed by atoms with Gasteiger partial charge in [-0.05, 0) is 101 Å². The first kappa shape index (κ1) is 39.2. The molecule has 2 aromatic heterocycles. The zero-order valence-corrected chi connectivity index (χ0v) is 32.6. The van der Waals surface area contributed by atoms with Crippen molar-refractivity contribution in [3.05, 3.63) is 75.0 Å². The lowest BCUT2D eigenvalue weighted by Crippen LogP contribution is -2.33. The van der Waals surface area contributed by atoms with Crippen molar-refractivity contribution >= 4 is 50.9 Å². The summed E-state index contributed by atoms with van der Waals surface area (Å²) >= 11 is 12.8. The normalized spacial score (nSPS) is 22.3. The number of benzene rings is 2. The van der Waals surface area contributed by atoms with Gasteiger partial charge in [0.1, 0.15) is 5.52 Å². The summed E-state index contributed by atoms with van der Waals surface area (Å²) in [4.78, 5) is 23.1. The number of aromatic amines is 1. The molecular formula is C41H47Cl2F3N8O. The number of rotatable bonds is 8. The van der Waals surface area contributed by atoms with Crippen LogP contribution in [0.25, 0.3) is 32.9 Å². The Labute approximate surface area is 328 Å². The van der Waals surface area contributed by atoms with Crippen molar-refractivity contribution in [1.82, 2.24) is 25.6 Å². The zero-order valence-electron chi connectivity index (χ0n) is 31.1. The molecule has 0 spiro atoms. The molecule has 5 heterocycles. The predicted molar refractivity (Wildman–Crippen MR) is 210 cm³/mol. The standard InChI is InChI=1S/C29H25Cl2FN4O.C7H13F2N3.C5H9N/c1-15-19-14-22(23-8-4-12-36(23)29(37)16-9-10-16)35-27(19)20-13-17(5-3-11-33)24(26(32)28(20)34-15)18-6-2-7-21(30)25(18)31;1-6(8,9)7(2-3-7)5(10)4-12-11;1-4-2-5(1)6-3-4/h2,6-7,13-14,16,23,35H,3-5,8-10,12H2,1H3;4,12H,2-3,10-11H2,1H3;4-6H,1-3H2/b;5-4-;. The number of pyridine rings is 1. The first-order valence-electron chi connectivity index (χ1n) is 19.1. The lowest BCUT2D eigenvalue weighted by atomic mass is 9.87. The number of H-pyrrole nitrogens is 1. The lowest BCUT2D eigenvalue weighted by molar-refractivity contribution is -0.133. The zero-order chi connectivity index (χ0) is 39.2. The van der Waals surface area contributed by atoms with E-state index in [1.807, 2.05) is 17.9 Å². The van der Waals surface area contributed by atoms with Crippen LogP contribution in [-0.2, 0) is 11.2 Å². The Hall–Kier alpha value is -4.02. The molecule has 0 radical (unpaired) electrons. The van der Waals surface area contributed by atoms with Crippen LogP contribution in [0.4, 0.5) is 13.2 Å². The molecule has 14 heteroatoms. The van der Waals surface area contributed by atoms with Gasteiger partial charge in [0.05, 0.1) is 33.1 Å². The number of aryl methyl sites for hydroxylation is 2. The molecule has 292 valence electrons. The first-order valence-corrected chi connectivity index (χ1v) is 19.8. The quantitative estimate of drug-likeness (QED) is 0.0885. The highest BCUT2D eigenvalue weighted by Gasteiger charge is 2.61. The van der Waals surface area contributed by atoms with E-state index >= 15 is 4.39 Å². The van der Waals surface area contributed by atoms with Crippen LogP contribution in [0.3, 0.4) is 0 Å². The molecule has 6 fully saturated rings. The van der Waals surface area contributed by atoms with Crippen molar-refractivity contribution in [2.24, 2.45) is 28.8 Å². The minimum atomic E-state index is -2.76. The van der Waals surface area contributed by atoms with Gasteiger partial charge in [0, 0.05) is 77.0 Å². The number of allylic oxidation sites excluding steroid dienone is 1. The molecule has 3 aliphatic carbocycles. The highest BCUT2D eigenvalue weighted by Crippen LogP contribution is 2.60. The topological polar surface area (TPSA) is 149 Å². The van der Waals surface area contributed by atoms with E-state index < -0.39 is 17.2 Å². The molecular weight excluding hydrogens is 748 g/mol. The molecule has 7 N–H and O–H groups in total. The summed E-state index contributed by atoms with van der Waals surface area (Å²) in [5.41, 5.74) is 10.8. The van der Waals surface area contributed by atoms with Crippen LogP contribution in [0.15, 0.2) is 42.2 Å². The van der Waals surface area contributed by atoms with Gasteiger partial charge in [-0.25, -0.2) is 18.2 Å². The van der Waals surface area contributed by atoms with Crippen LogP contribution >= 0.6 is 23.2 Å². The SMILES string of the molecule is C1NC2CC1C2.CC(F)(F)C1(/C(N)=C/NN)CC1.Cc1nc2c(F)c(-c3cccc(Cl)c3Cl)c(CCC#N)cc2c2[nH]c(C3CCCN3C(=O)C3CC3)cc12. The second-order valence-corrected chi connectivity index (χ2v) is 16.5. The molecule has 3 saturated carbocycles. The Morgan fingerprint density at radius 1 is 1.20 bits per heavy atom. The lowest BCUT2D eigenvalue weighted by Gasteiger charge is -2.24. The third kappa shape index (κ3) is 7.61. The number of likely N-dealkylation sites (tertiary alicyclic amines) is 1. The Morgan fingerprint density at radius 3 is 2.53 bits per heavy atom. The van der Waals surface area contributed by atoms with Crippen LogP contribution < -0.4 is 22.3 Å². The van der Waals surface area contributed by atoms with Crippen LogP contribution in [0.1, 0.15) is 87.7 Å². The van der Waals surface area contributed by atoms with E-state index in [0.29, 0.717) is 52.1 Å². The Kier molecular flexibility index (Phi) is 11.0. The van der Waals surface area contributed by atoms with Crippen molar-refractivity contribution in [2.45, 2.75) is 96.1 Å². The van der Waals surface area contributed by atoms with E-state index in [0.717, 1.165) is 67.7 Å². The van der Waals surface area contributed by atoms with Gasteiger partial charge in [-0.2, -0.15) is 5.26 Å². The second kappa shape index (κ2) is 15.5. The molecule has 2 aromatic carbocycles. The highest BCUT2D eigenvalue weighted by molar-refractivity contribution is 6.43. The fraction of sp³-hybridized carbons (Fsp3) is 0.488. The molecule has 1 amide bonds. The average molecular weight is 796 g/mol. The predicted octanol–water partition coefficient (Wildman–Crippen LogP) is 8.72. The summed E-state index contributed by atoms with van der Waals surface area (Å²) in [6, 6.07) is 12.2. The number of carbonyl (C=O) groups excluding carboxylic acids is 1. The van der Waals surface area contributed by atoms with Gasteiger partial charge in [-0.15, -0.1) is 0 Å². The molecule has 1 unspecified atom stereocenters. The first-order chi connectivity index (χ1) is 26.3. The van der Waals surface area contributed by atoms with Gasteiger partial charge in [0.15, 0.2) is 5.82 Å².